The van der Waals surface area contributed by atoms with Crippen LogP contribution in [0, 0.1) is 0 Å². The van der Waals surface area contributed by atoms with Crippen LogP contribution < -0.4 is 4.74 Å². The van der Waals surface area contributed by atoms with E-state index in [0.717, 1.165) is 25.4 Å². The number of ether oxygens (including phenoxy) is 1. The van der Waals surface area contributed by atoms with Crippen molar-refractivity contribution in [2.24, 2.45) is 0 Å². The van der Waals surface area contributed by atoms with E-state index >= 15 is 0 Å². The first-order valence-corrected chi connectivity index (χ1v) is 5.15. The molecule has 2 heteroatoms. The highest BCUT2D eigenvalue weighted by atomic mass is 16.5. The summed E-state index contributed by atoms with van der Waals surface area (Å²) < 4.78 is 5.11. The molecule has 0 spiro atoms. The van der Waals surface area contributed by atoms with Crippen molar-refractivity contribution in [2.75, 3.05) is 20.2 Å². The summed E-state index contributed by atoms with van der Waals surface area (Å²) in [5, 5.41) is 0. The fourth-order valence-electron chi connectivity index (χ4n) is 1.44. The Morgan fingerprint density at radius 2 is 1.64 bits per heavy atom. The minimum Gasteiger partial charge on any atom is -0.497 e. The predicted molar refractivity (Wildman–Crippen MR) is 59.6 cm³/mol. The topological polar surface area (TPSA) is 12.5 Å². The van der Waals surface area contributed by atoms with E-state index in [1.165, 1.54) is 5.56 Å². The van der Waals surface area contributed by atoms with Crippen LogP contribution >= 0.6 is 0 Å². The molecule has 0 aliphatic carbocycles. The fraction of sp³-hybridized carbons (Fsp3) is 0.500. The van der Waals surface area contributed by atoms with Crippen molar-refractivity contribution in [3.63, 3.8) is 0 Å². The molecule has 0 fully saturated rings. The molecular formula is C12H19NO. The number of hydrogen-bond donors (Lipinski definition) is 0. The van der Waals surface area contributed by atoms with Crippen LogP contribution in [0.25, 0.3) is 0 Å². The van der Waals surface area contributed by atoms with E-state index < -0.39 is 0 Å². The van der Waals surface area contributed by atoms with E-state index in [9.17, 15) is 0 Å². The van der Waals surface area contributed by atoms with Gasteiger partial charge in [-0.3, -0.25) is 4.90 Å². The van der Waals surface area contributed by atoms with Crippen LogP contribution in [0.2, 0.25) is 0 Å². The average molecular weight is 193 g/mol. The van der Waals surface area contributed by atoms with E-state index in [1.807, 2.05) is 12.1 Å². The smallest absolute Gasteiger partial charge is 0.118 e. The standard InChI is InChI=1S/C12H19NO/c1-4-13(5-2)10-11-6-8-12(14-3)9-7-11/h6-9H,4-5,10H2,1-3H3. The van der Waals surface area contributed by atoms with Gasteiger partial charge in [0.25, 0.3) is 0 Å². The average Bonchev–Trinajstić information content (AvgIpc) is 2.26. The van der Waals surface area contributed by atoms with Gasteiger partial charge in [-0.1, -0.05) is 26.0 Å². The van der Waals surface area contributed by atoms with E-state index in [1.54, 1.807) is 7.11 Å². The van der Waals surface area contributed by atoms with Crippen LogP contribution in [0.15, 0.2) is 24.3 Å². The molecule has 78 valence electrons. The van der Waals surface area contributed by atoms with Crippen molar-refractivity contribution in [1.82, 2.24) is 4.90 Å². The Morgan fingerprint density at radius 3 is 2.07 bits per heavy atom. The van der Waals surface area contributed by atoms with Crippen LogP contribution in [0.1, 0.15) is 19.4 Å². The van der Waals surface area contributed by atoms with Crippen LogP contribution in [-0.4, -0.2) is 25.1 Å². The highest BCUT2D eigenvalue weighted by molar-refractivity contribution is 5.27. The van der Waals surface area contributed by atoms with Gasteiger partial charge >= 0.3 is 0 Å². The first-order valence-electron chi connectivity index (χ1n) is 5.15. The minimum absolute atomic E-state index is 0.924. The molecule has 0 saturated carbocycles. The van der Waals surface area contributed by atoms with E-state index in [0.29, 0.717) is 0 Å². The molecule has 0 aliphatic rings. The summed E-state index contributed by atoms with van der Waals surface area (Å²) in [7, 11) is 1.69. The van der Waals surface area contributed by atoms with Gasteiger partial charge in [-0.15, -0.1) is 0 Å². The Labute approximate surface area is 86.5 Å². The van der Waals surface area contributed by atoms with Crippen LogP contribution in [0.5, 0.6) is 5.75 Å². The molecule has 0 amide bonds. The zero-order chi connectivity index (χ0) is 10.4. The summed E-state index contributed by atoms with van der Waals surface area (Å²) >= 11 is 0. The first-order chi connectivity index (χ1) is 6.80. The number of methoxy groups -OCH3 is 1. The summed E-state index contributed by atoms with van der Waals surface area (Å²) in [6.45, 7) is 7.60. The molecule has 0 bridgehead atoms. The molecule has 2 nitrogen and oxygen atoms in total. The van der Waals surface area contributed by atoms with Gasteiger partial charge in [0.05, 0.1) is 7.11 Å². The molecule has 14 heavy (non-hydrogen) atoms. The van der Waals surface area contributed by atoms with Crippen molar-refractivity contribution in [3.05, 3.63) is 29.8 Å². The second-order valence-corrected chi connectivity index (χ2v) is 3.31. The molecule has 0 saturated heterocycles. The maximum atomic E-state index is 5.11. The highest BCUT2D eigenvalue weighted by Crippen LogP contribution is 2.12. The second-order valence-electron chi connectivity index (χ2n) is 3.31. The molecule has 0 unspecified atom stereocenters. The Kier molecular flexibility index (Phi) is 4.47. The third kappa shape index (κ3) is 3.04. The van der Waals surface area contributed by atoms with Crippen LogP contribution in [0.4, 0.5) is 0 Å². The Morgan fingerprint density at radius 1 is 1.07 bits per heavy atom. The summed E-state index contributed by atoms with van der Waals surface area (Å²) in [5.41, 5.74) is 1.34. The monoisotopic (exact) mass is 193 g/mol. The van der Waals surface area contributed by atoms with Crippen LogP contribution in [-0.2, 0) is 6.54 Å². The predicted octanol–water partition coefficient (Wildman–Crippen LogP) is 2.54. The van der Waals surface area contributed by atoms with Crippen molar-refractivity contribution < 1.29 is 4.74 Å². The summed E-state index contributed by atoms with van der Waals surface area (Å²) in [6.07, 6.45) is 0. The van der Waals surface area contributed by atoms with Gasteiger partial charge in [0.2, 0.25) is 0 Å². The number of nitrogens with zero attached hydrogens (tertiary/aromatic N) is 1. The van der Waals surface area contributed by atoms with Gasteiger partial charge in [0, 0.05) is 6.54 Å². The zero-order valence-corrected chi connectivity index (χ0v) is 9.29. The van der Waals surface area contributed by atoms with Gasteiger partial charge in [-0.25, -0.2) is 0 Å². The molecule has 0 N–H and O–H groups in total. The Balaban J connectivity index is 2.58. The molecule has 0 radical (unpaired) electrons. The highest BCUT2D eigenvalue weighted by Gasteiger charge is 2.00. The fourth-order valence-corrected chi connectivity index (χ4v) is 1.44. The molecule has 0 aromatic heterocycles. The minimum atomic E-state index is 0.924. The molecular weight excluding hydrogens is 174 g/mol. The molecule has 0 heterocycles. The Hall–Kier alpha value is -1.02. The van der Waals surface area contributed by atoms with Gasteiger partial charge in [0.1, 0.15) is 5.75 Å². The lowest BCUT2D eigenvalue weighted by Gasteiger charge is -2.17. The molecule has 1 aromatic rings. The van der Waals surface area contributed by atoms with Crippen molar-refractivity contribution in [1.29, 1.82) is 0 Å². The van der Waals surface area contributed by atoms with Gasteiger partial charge in [-0.05, 0) is 30.8 Å². The molecule has 1 rings (SSSR count). The lowest BCUT2D eigenvalue weighted by molar-refractivity contribution is 0.295. The van der Waals surface area contributed by atoms with Gasteiger partial charge < -0.3 is 4.74 Å². The second kappa shape index (κ2) is 5.66. The van der Waals surface area contributed by atoms with E-state index in [-0.39, 0.29) is 0 Å². The third-order valence-corrected chi connectivity index (χ3v) is 2.46. The van der Waals surface area contributed by atoms with Crippen molar-refractivity contribution in [2.45, 2.75) is 20.4 Å². The quantitative estimate of drug-likeness (QED) is 0.712. The normalized spacial score (nSPS) is 10.6. The van der Waals surface area contributed by atoms with Crippen molar-refractivity contribution in [3.8, 4) is 5.75 Å². The maximum Gasteiger partial charge on any atom is 0.118 e. The number of benzene rings is 1. The SMILES string of the molecule is CCN(CC)Cc1ccc(OC)cc1. The van der Waals surface area contributed by atoms with E-state index in [4.69, 9.17) is 4.74 Å². The maximum absolute atomic E-state index is 5.11. The summed E-state index contributed by atoms with van der Waals surface area (Å²) in [5.74, 6) is 0.924. The summed E-state index contributed by atoms with van der Waals surface area (Å²) in [6, 6.07) is 8.27. The lowest BCUT2D eigenvalue weighted by Crippen LogP contribution is -2.21. The number of hydrogen-bond acceptors (Lipinski definition) is 2. The largest absolute Gasteiger partial charge is 0.497 e. The van der Waals surface area contributed by atoms with E-state index in [2.05, 4.69) is 30.9 Å². The molecule has 0 atom stereocenters. The molecule has 0 aliphatic heterocycles. The number of rotatable bonds is 5. The molecule has 1 aromatic carbocycles. The van der Waals surface area contributed by atoms with Crippen molar-refractivity contribution >= 4 is 0 Å². The third-order valence-electron chi connectivity index (χ3n) is 2.46. The zero-order valence-electron chi connectivity index (χ0n) is 9.29. The van der Waals surface area contributed by atoms with Gasteiger partial charge in [0.15, 0.2) is 0 Å². The lowest BCUT2D eigenvalue weighted by atomic mass is 10.2. The first kappa shape index (κ1) is 11.1. The summed E-state index contributed by atoms with van der Waals surface area (Å²) in [4.78, 5) is 2.39. The Bertz CT molecular complexity index is 252. The van der Waals surface area contributed by atoms with Gasteiger partial charge in [-0.2, -0.15) is 0 Å². The van der Waals surface area contributed by atoms with Crippen LogP contribution in [0.3, 0.4) is 0 Å².